The van der Waals surface area contributed by atoms with Crippen LogP contribution in [0, 0.1) is 0 Å². The number of nitrogens with one attached hydrogen (secondary N) is 1. The van der Waals surface area contributed by atoms with Crippen LogP contribution in [0.2, 0.25) is 0 Å². The summed E-state index contributed by atoms with van der Waals surface area (Å²) in [5.74, 6) is 1.04. The standard InChI is InChI=1S/C21H20N4O5S/c26-19(18-2-1-9-31-18)23-21-22-15(12-28-21)20(27)25-7-5-24(6-8-25)11-14-3-4-16-17(10-14)30-13-29-16/h1-4,9-10,12H,5-8,11,13H2,(H,22,23,26). The molecule has 3 aromatic rings. The molecule has 0 saturated carbocycles. The van der Waals surface area contributed by atoms with Crippen molar-refractivity contribution < 1.29 is 23.5 Å². The van der Waals surface area contributed by atoms with Crippen LogP contribution in [0.25, 0.3) is 0 Å². The number of piperazine rings is 1. The van der Waals surface area contributed by atoms with Gasteiger partial charge in [0.2, 0.25) is 6.79 Å². The zero-order valence-electron chi connectivity index (χ0n) is 16.6. The van der Waals surface area contributed by atoms with Crippen LogP contribution in [0.3, 0.4) is 0 Å². The molecule has 2 aliphatic heterocycles. The number of ether oxygens (including phenoxy) is 2. The van der Waals surface area contributed by atoms with E-state index in [0.717, 1.165) is 36.7 Å². The number of rotatable bonds is 5. The minimum absolute atomic E-state index is 0.0168. The molecule has 4 heterocycles. The summed E-state index contributed by atoms with van der Waals surface area (Å²) in [4.78, 5) is 33.6. The van der Waals surface area contributed by atoms with Gasteiger partial charge in [0.1, 0.15) is 6.26 Å². The Balaban J connectivity index is 1.14. The van der Waals surface area contributed by atoms with E-state index in [1.165, 1.54) is 17.6 Å². The number of hydrogen-bond acceptors (Lipinski definition) is 8. The molecule has 1 aromatic carbocycles. The van der Waals surface area contributed by atoms with Crippen molar-refractivity contribution in [3.05, 3.63) is 58.1 Å². The number of nitrogens with zero attached hydrogens (tertiary/aromatic N) is 3. The molecule has 9 nitrogen and oxygen atoms in total. The molecule has 0 unspecified atom stereocenters. The minimum Gasteiger partial charge on any atom is -0.454 e. The van der Waals surface area contributed by atoms with Crippen LogP contribution >= 0.6 is 11.3 Å². The number of thiophene rings is 1. The van der Waals surface area contributed by atoms with E-state index in [-0.39, 0.29) is 30.3 Å². The molecule has 0 atom stereocenters. The highest BCUT2D eigenvalue weighted by Crippen LogP contribution is 2.32. The van der Waals surface area contributed by atoms with Gasteiger partial charge in [-0.3, -0.25) is 19.8 Å². The van der Waals surface area contributed by atoms with Gasteiger partial charge in [-0.15, -0.1) is 11.3 Å². The normalized spacial score (nSPS) is 15.8. The van der Waals surface area contributed by atoms with Crippen LogP contribution in [0.15, 0.2) is 46.4 Å². The van der Waals surface area contributed by atoms with Crippen LogP contribution in [-0.4, -0.2) is 59.6 Å². The topological polar surface area (TPSA) is 97.1 Å². The second-order valence-electron chi connectivity index (χ2n) is 7.23. The first kappa shape index (κ1) is 19.6. The predicted molar refractivity (Wildman–Crippen MR) is 113 cm³/mol. The van der Waals surface area contributed by atoms with E-state index in [2.05, 4.69) is 15.2 Å². The lowest BCUT2D eigenvalue weighted by molar-refractivity contribution is 0.0622. The van der Waals surface area contributed by atoms with Crippen molar-refractivity contribution in [1.29, 1.82) is 0 Å². The van der Waals surface area contributed by atoms with E-state index in [4.69, 9.17) is 13.9 Å². The molecule has 2 amide bonds. The van der Waals surface area contributed by atoms with Gasteiger partial charge in [0.15, 0.2) is 17.2 Å². The van der Waals surface area contributed by atoms with Gasteiger partial charge >= 0.3 is 6.01 Å². The van der Waals surface area contributed by atoms with E-state index < -0.39 is 0 Å². The lowest BCUT2D eigenvalue weighted by Crippen LogP contribution is -2.48. The lowest BCUT2D eigenvalue weighted by Gasteiger charge is -2.34. The van der Waals surface area contributed by atoms with Crippen LogP contribution in [-0.2, 0) is 6.54 Å². The van der Waals surface area contributed by atoms with Crippen LogP contribution in [0.1, 0.15) is 25.7 Å². The highest BCUT2D eigenvalue weighted by molar-refractivity contribution is 7.12. The Kier molecular flexibility index (Phi) is 5.31. The maximum atomic E-state index is 12.8. The Morgan fingerprint density at radius 1 is 1.10 bits per heavy atom. The Labute approximate surface area is 182 Å². The summed E-state index contributed by atoms with van der Waals surface area (Å²) in [5.41, 5.74) is 1.33. The summed E-state index contributed by atoms with van der Waals surface area (Å²) in [5, 5.41) is 4.38. The summed E-state index contributed by atoms with van der Waals surface area (Å²) in [7, 11) is 0. The summed E-state index contributed by atoms with van der Waals surface area (Å²) >= 11 is 1.32. The third kappa shape index (κ3) is 4.25. The fraction of sp³-hybridized carbons (Fsp3) is 0.286. The van der Waals surface area contributed by atoms with Gasteiger partial charge in [-0.1, -0.05) is 12.1 Å². The molecule has 10 heteroatoms. The van der Waals surface area contributed by atoms with Crippen molar-refractivity contribution in [3.8, 4) is 11.5 Å². The van der Waals surface area contributed by atoms with Crippen molar-refractivity contribution >= 4 is 29.2 Å². The zero-order chi connectivity index (χ0) is 21.2. The molecule has 2 aliphatic rings. The maximum absolute atomic E-state index is 12.8. The molecule has 0 radical (unpaired) electrons. The Bertz CT molecular complexity index is 1090. The van der Waals surface area contributed by atoms with Crippen LogP contribution < -0.4 is 14.8 Å². The second kappa shape index (κ2) is 8.40. The number of carbonyl (C=O) groups is 2. The molecule has 1 fully saturated rings. The summed E-state index contributed by atoms with van der Waals surface area (Å²) < 4.78 is 16.1. The molecule has 1 saturated heterocycles. The van der Waals surface area contributed by atoms with Crippen molar-refractivity contribution in [3.63, 3.8) is 0 Å². The Morgan fingerprint density at radius 2 is 1.94 bits per heavy atom. The van der Waals surface area contributed by atoms with Crippen molar-refractivity contribution in [1.82, 2.24) is 14.8 Å². The quantitative estimate of drug-likeness (QED) is 0.651. The monoisotopic (exact) mass is 440 g/mol. The van der Waals surface area contributed by atoms with Gasteiger partial charge in [-0.25, -0.2) is 0 Å². The average Bonchev–Trinajstić information content (AvgIpc) is 3.55. The van der Waals surface area contributed by atoms with Gasteiger partial charge in [0, 0.05) is 32.7 Å². The number of anilines is 1. The van der Waals surface area contributed by atoms with Gasteiger partial charge in [-0.2, -0.15) is 4.98 Å². The Morgan fingerprint density at radius 3 is 2.74 bits per heavy atom. The number of hydrogen-bond donors (Lipinski definition) is 1. The molecule has 160 valence electrons. The first-order chi connectivity index (χ1) is 15.2. The molecule has 0 bridgehead atoms. The number of aromatic nitrogens is 1. The zero-order valence-corrected chi connectivity index (χ0v) is 17.4. The number of oxazole rings is 1. The lowest BCUT2D eigenvalue weighted by atomic mass is 10.1. The SMILES string of the molecule is O=C(Nc1nc(C(=O)N2CCN(Cc3ccc4c(c3)OCO4)CC2)co1)c1cccs1. The minimum atomic E-state index is -0.312. The Hall–Kier alpha value is -3.37. The van der Waals surface area contributed by atoms with Crippen molar-refractivity contribution in [2.45, 2.75) is 6.54 Å². The van der Waals surface area contributed by atoms with Crippen molar-refractivity contribution in [2.24, 2.45) is 0 Å². The van der Waals surface area contributed by atoms with Gasteiger partial charge in [-0.05, 0) is 29.1 Å². The third-order valence-corrected chi connectivity index (χ3v) is 6.06. The second-order valence-corrected chi connectivity index (χ2v) is 8.17. The number of benzene rings is 1. The van der Waals surface area contributed by atoms with Crippen molar-refractivity contribution in [2.75, 3.05) is 38.3 Å². The fourth-order valence-corrected chi connectivity index (χ4v) is 4.18. The maximum Gasteiger partial charge on any atom is 0.302 e. The summed E-state index contributed by atoms with van der Waals surface area (Å²) in [6, 6.07) is 9.47. The molecular formula is C21H20N4O5S. The third-order valence-electron chi connectivity index (χ3n) is 5.19. The smallest absolute Gasteiger partial charge is 0.302 e. The number of amides is 2. The van der Waals surface area contributed by atoms with Gasteiger partial charge < -0.3 is 18.8 Å². The molecular weight excluding hydrogens is 420 g/mol. The number of carbonyl (C=O) groups excluding carboxylic acids is 2. The van der Waals surface area contributed by atoms with E-state index >= 15 is 0 Å². The molecule has 31 heavy (non-hydrogen) atoms. The predicted octanol–water partition coefficient (Wildman–Crippen LogP) is 2.68. The van der Waals surface area contributed by atoms with Gasteiger partial charge in [0.05, 0.1) is 4.88 Å². The highest BCUT2D eigenvalue weighted by Gasteiger charge is 2.25. The molecule has 1 N–H and O–H groups in total. The van der Waals surface area contributed by atoms with E-state index in [1.807, 2.05) is 23.6 Å². The van der Waals surface area contributed by atoms with Gasteiger partial charge in [0.25, 0.3) is 11.8 Å². The molecule has 5 rings (SSSR count). The molecule has 0 spiro atoms. The number of fused-ring (bicyclic) bond motifs is 1. The molecule has 0 aliphatic carbocycles. The summed E-state index contributed by atoms with van der Waals surface area (Å²) in [6.07, 6.45) is 1.28. The fourth-order valence-electron chi connectivity index (χ4n) is 3.56. The van der Waals surface area contributed by atoms with Crippen LogP contribution in [0.4, 0.5) is 6.01 Å². The largest absolute Gasteiger partial charge is 0.454 e. The first-order valence-corrected chi connectivity index (χ1v) is 10.7. The van der Waals surface area contributed by atoms with Crippen LogP contribution in [0.5, 0.6) is 11.5 Å². The molecule has 2 aromatic heterocycles. The average molecular weight is 440 g/mol. The summed E-state index contributed by atoms with van der Waals surface area (Å²) in [6.45, 7) is 3.73. The first-order valence-electron chi connectivity index (χ1n) is 9.86. The van der Waals surface area contributed by atoms with E-state index in [9.17, 15) is 9.59 Å². The van der Waals surface area contributed by atoms with E-state index in [0.29, 0.717) is 18.0 Å². The van der Waals surface area contributed by atoms with E-state index in [1.54, 1.807) is 17.0 Å². The highest BCUT2D eigenvalue weighted by atomic mass is 32.1.